The molecule has 0 aliphatic carbocycles. The van der Waals surface area contributed by atoms with Crippen LogP contribution in [0, 0.1) is 11.3 Å². The number of thioether (sulfide) groups is 1. The van der Waals surface area contributed by atoms with Gasteiger partial charge in [0.05, 0.1) is 6.26 Å². The molecule has 2 aromatic rings. The Labute approximate surface area is 104 Å². The highest BCUT2D eigenvalue weighted by molar-refractivity contribution is 7.99. The van der Waals surface area contributed by atoms with E-state index in [-0.39, 0.29) is 0 Å². The lowest BCUT2D eigenvalue weighted by atomic mass is 10.2. The molecule has 2 heterocycles. The van der Waals surface area contributed by atoms with Gasteiger partial charge in [-0.3, -0.25) is 0 Å². The van der Waals surface area contributed by atoms with Crippen LogP contribution in [0.25, 0.3) is 11.5 Å². The average molecular weight is 244 g/mol. The van der Waals surface area contributed by atoms with Crippen LogP contribution in [0.1, 0.15) is 19.0 Å². The third-order valence-electron chi connectivity index (χ3n) is 2.20. The molecule has 0 bridgehead atoms. The molecule has 0 aliphatic heterocycles. The Morgan fingerprint density at radius 1 is 1.41 bits per heavy atom. The number of nitrogens with zero attached hydrogens (tertiary/aromatic N) is 2. The van der Waals surface area contributed by atoms with Gasteiger partial charge in [0.25, 0.3) is 0 Å². The van der Waals surface area contributed by atoms with Crippen LogP contribution in [0.5, 0.6) is 0 Å². The third kappa shape index (κ3) is 2.69. The van der Waals surface area contributed by atoms with E-state index in [0.29, 0.717) is 17.1 Å². The van der Waals surface area contributed by atoms with Crippen LogP contribution >= 0.6 is 11.8 Å². The summed E-state index contributed by atoms with van der Waals surface area (Å²) in [6.07, 6.45) is 2.68. The number of rotatable bonds is 4. The Balaban J connectivity index is 2.32. The summed E-state index contributed by atoms with van der Waals surface area (Å²) in [6, 6.07) is 9.60. The Hall–Kier alpha value is -1.73. The smallest absolute Gasteiger partial charge is 0.154 e. The first-order valence-electron chi connectivity index (χ1n) is 5.43. The highest BCUT2D eigenvalue weighted by Gasteiger charge is 2.08. The largest absolute Gasteiger partial charge is 0.463 e. The third-order valence-corrected chi connectivity index (χ3v) is 3.45. The van der Waals surface area contributed by atoms with Crippen molar-refractivity contribution in [3.8, 4) is 17.5 Å². The molecule has 4 heteroatoms. The fourth-order valence-electron chi connectivity index (χ4n) is 1.42. The molecule has 0 amide bonds. The molecule has 0 aromatic carbocycles. The van der Waals surface area contributed by atoms with Gasteiger partial charge in [-0.1, -0.05) is 6.92 Å². The molecule has 86 valence electrons. The van der Waals surface area contributed by atoms with Gasteiger partial charge in [0.1, 0.15) is 11.8 Å². The van der Waals surface area contributed by atoms with Crippen molar-refractivity contribution >= 4 is 11.8 Å². The van der Waals surface area contributed by atoms with Crippen LogP contribution in [-0.2, 0) is 0 Å². The number of aromatic nitrogens is 1. The normalized spacial score (nSPS) is 10.1. The molecule has 3 nitrogen and oxygen atoms in total. The minimum atomic E-state index is 0.470. The molecule has 0 radical (unpaired) electrons. The van der Waals surface area contributed by atoms with Crippen molar-refractivity contribution in [2.24, 2.45) is 0 Å². The SMILES string of the molecule is CCCSc1ccc(-c2ccco2)nc1C#N. The molecule has 0 saturated carbocycles. The van der Waals surface area contributed by atoms with Crippen LogP contribution in [0.15, 0.2) is 39.8 Å². The minimum absolute atomic E-state index is 0.470. The first-order chi connectivity index (χ1) is 8.35. The standard InChI is InChI=1S/C13H12N2OS/c1-2-8-17-13-6-5-10(15-11(13)9-14)12-4-3-7-16-12/h3-7H,2,8H2,1H3. The molecule has 0 aliphatic rings. The molecule has 17 heavy (non-hydrogen) atoms. The maximum atomic E-state index is 9.08. The summed E-state index contributed by atoms with van der Waals surface area (Å²) in [5, 5.41) is 9.08. The predicted octanol–water partition coefficient (Wildman–Crippen LogP) is 3.72. The van der Waals surface area contributed by atoms with Gasteiger partial charge >= 0.3 is 0 Å². The Morgan fingerprint density at radius 2 is 2.29 bits per heavy atom. The first kappa shape index (κ1) is 11.7. The van der Waals surface area contributed by atoms with E-state index >= 15 is 0 Å². The summed E-state index contributed by atoms with van der Waals surface area (Å²) in [5.74, 6) is 1.68. The summed E-state index contributed by atoms with van der Waals surface area (Å²) in [5.41, 5.74) is 1.17. The fraction of sp³-hybridized carbons (Fsp3) is 0.231. The summed E-state index contributed by atoms with van der Waals surface area (Å²) in [4.78, 5) is 5.25. The van der Waals surface area contributed by atoms with E-state index in [4.69, 9.17) is 9.68 Å². The van der Waals surface area contributed by atoms with Crippen LogP contribution in [-0.4, -0.2) is 10.7 Å². The zero-order valence-electron chi connectivity index (χ0n) is 9.51. The van der Waals surface area contributed by atoms with Crippen LogP contribution in [0.2, 0.25) is 0 Å². The highest BCUT2D eigenvalue weighted by Crippen LogP contribution is 2.25. The van der Waals surface area contributed by atoms with Gasteiger partial charge in [-0.25, -0.2) is 4.98 Å². The lowest BCUT2D eigenvalue weighted by Crippen LogP contribution is -1.90. The topological polar surface area (TPSA) is 49.8 Å². The monoisotopic (exact) mass is 244 g/mol. The summed E-state index contributed by atoms with van der Waals surface area (Å²) in [6.45, 7) is 2.11. The Kier molecular flexibility index (Phi) is 3.84. The molecular formula is C13H12N2OS. The van der Waals surface area contributed by atoms with Crippen molar-refractivity contribution in [2.45, 2.75) is 18.2 Å². The van der Waals surface area contributed by atoms with Gasteiger partial charge < -0.3 is 4.42 Å². The number of hydrogen-bond donors (Lipinski definition) is 0. The first-order valence-corrected chi connectivity index (χ1v) is 6.41. The lowest BCUT2D eigenvalue weighted by Gasteiger charge is -2.03. The molecule has 0 unspecified atom stereocenters. The quantitative estimate of drug-likeness (QED) is 0.769. The summed E-state index contributed by atoms with van der Waals surface area (Å²) < 4.78 is 5.26. The number of pyridine rings is 1. The van der Waals surface area contributed by atoms with Gasteiger partial charge in [0.15, 0.2) is 11.5 Å². The van der Waals surface area contributed by atoms with E-state index in [0.717, 1.165) is 17.1 Å². The molecule has 0 N–H and O–H groups in total. The van der Waals surface area contributed by atoms with Crippen molar-refractivity contribution in [1.82, 2.24) is 4.98 Å². The van der Waals surface area contributed by atoms with Gasteiger partial charge in [-0.2, -0.15) is 5.26 Å². The second-order valence-electron chi connectivity index (χ2n) is 3.48. The molecule has 2 aromatic heterocycles. The molecule has 0 atom stereocenters. The van der Waals surface area contributed by atoms with E-state index in [9.17, 15) is 0 Å². The Morgan fingerprint density at radius 3 is 2.94 bits per heavy atom. The zero-order valence-corrected chi connectivity index (χ0v) is 10.3. The Bertz CT molecular complexity index is 529. The molecule has 2 rings (SSSR count). The minimum Gasteiger partial charge on any atom is -0.463 e. The number of hydrogen-bond acceptors (Lipinski definition) is 4. The van der Waals surface area contributed by atoms with Crippen LogP contribution in [0.4, 0.5) is 0 Å². The van der Waals surface area contributed by atoms with E-state index < -0.39 is 0 Å². The predicted molar refractivity (Wildman–Crippen MR) is 67.7 cm³/mol. The lowest BCUT2D eigenvalue weighted by molar-refractivity contribution is 0.580. The average Bonchev–Trinajstić information content (AvgIpc) is 2.90. The van der Waals surface area contributed by atoms with E-state index in [1.54, 1.807) is 18.0 Å². The van der Waals surface area contributed by atoms with Crippen molar-refractivity contribution in [2.75, 3.05) is 5.75 Å². The molecule has 0 fully saturated rings. The van der Waals surface area contributed by atoms with Gasteiger partial charge in [-0.05, 0) is 36.4 Å². The maximum Gasteiger partial charge on any atom is 0.154 e. The van der Waals surface area contributed by atoms with Crippen molar-refractivity contribution in [3.63, 3.8) is 0 Å². The number of nitriles is 1. The van der Waals surface area contributed by atoms with E-state index in [1.807, 2.05) is 24.3 Å². The summed E-state index contributed by atoms with van der Waals surface area (Å²) >= 11 is 1.66. The molecule has 0 saturated heterocycles. The number of furan rings is 1. The molecule has 0 spiro atoms. The van der Waals surface area contributed by atoms with Gasteiger partial charge in [-0.15, -0.1) is 11.8 Å². The van der Waals surface area contributed by atoms with E-state index in [2.05, 4.69) is 18.0 Å². The van der Waals surface area contributed by atoms with Crippen molar-refractivity contribution in [1.29, 1.82) is 5.26 Å². The van der Waals surface area contributed by atoms with Crippen molar-refractivity contribution in [3.05, 3.63) is 36.2 Å². The molecular weight excluding hydrogens is 232 g/mol. The summed E-state index contributed by atoms with van der Waals surface area (Å²) in [7, 11) is 0. The van der Waals surface area contributed by atoms with Crippen molar-refractivity contribution < 1.29 is 4.42 Å². The van der Waals surface area contributed by atoms with Crippen LogP contribution in [0.3, 0.4) is 0 Å². The second-order valence-corrected chi connectivity index (χ2v) is 4.62. The van der Waals surface area contributed by atoms with Gasteiger partial charge in [0.2, 0.25) is 0 Å². The van der Waals surface area contributed by atoms with Crippen LogP contribution < -0.4 is 0 Å². The zero-order chi connectivity index (χ0) is 12.1. The maximum absolute atomic E-state index is 9.08. The van der Waals surface area contributed by atoms with E-state index in [1.165, 1.54) is 0 Å². The fourth-order valence-corrected chi connectivity index (χ4v) is 2.23. The second kappa shape index (κ2) is 5.55. The van der Waals surface area contributed by atoms with Gasteiger partial charge in [0, 0.05) is 4.90 Å². The highest BCUT2D eigenvalue weighted by atomic mass is 32.2.